The van der Waals surface area contributed by atoms with Crippen LogP contribution in [0.3, 0.4) is 0 Å². The van der Waals surface area contributed by atoms with Crippen molar-refractivity contribution in [3.05, 3.63) is 59.2 Å². The molecule has 2 heteroatoms. The normalized spacial score (nSPS) is 15.0. The predicted molar refractivity (Wildman–Crippen MR) is 91.1 cm³/mol. The zero-order valence-electron chi connectivity index (χ0n) is 12.8. The molecule has 1 fully saturated rings. The third-order valence-corrected chi connectivity index (χ3v) is 4.11. The Morgan fingerprint density at radius 1 is 0.952 bits per heavy atom. The van der Waals surface area contributed by atoms with Gasteiger partial charge in [0.2, 0.25) is 0 Å². The quantitative estimate of drug-likeness (QED) is 0.746. The Morgan fingerprint density at radius 2 is 1.67 bits per heavy atom. The van der Waals surface area contributed by atoms with E-state index in [4.69, 9.17) is 0 Å². The maximum absolute atomic E-state index is 4.57. The van der Waals surface area contributed by atoms with E-state index in [-0.39, 0.29) is 0 Å². The SMILES string of the molecule is Cc1ccc(N=Cc2ccc(N3CCCC3)cc2C)cc1. The van der Waals surface area contributed by atoms with Gasteiger partial charge in [-0.1, -0.05) is 23.8 Å². The van der Waals surface area contributed by atoms with Crippen molar-refractivity contribution in [3.63, 3.8) is 0 Å². The molecular weight excluding hydrogens is 256 g/mol. The van der Waals surface area contributed by atoms with Crippen molar-refractivity contribution in [1.82, 2.24) is 0 Å². The highest BCUT2D eigenvalue weighted by molar-refractivity contribution is 5.84. The first kappa shape index (κ1) is 13.9. The molecule has 2 nitrogen and oxygen atoms in total. The van der Waals surface area contributed by atoms with Crippen molar-refractivity contribution >= 4 is 17.6 Å². The molecule has 0 bridgehead atoms. The van der Waals surface area contributed by atoms with Gasteiger partial charge in [-0.15, -0.1) is 0 Å². The van der Waals surface area contributed by atoms with E-state index in [1.165, 1.54) is 48.3 Å². The zero-order valence-corrected chi connectivity index (χ0v) is 12.8. The van der Waals surface area contributed by atoms with Gasteiger partial charge in [0.15, 0.2) is 0 Å². The molecule has 0 aliphatic carbocycles. The first-order valence-corrected chi connectivity index (χ1v) is 7.69. The standard InChI is InChI=1S/C19H22N2/c1-15-5-8-18(9-6-15)20-14-17-7-10-19(13-16(17)2)21-11-3-4-12-21/h5-10,13-14H,3-4,11-12H2,1-2H3. The Labute approximate surface area is 127 Å². The summed E-state index contributed by atoms with van der Waals surface area (Å²) < 4.78 is 0. The molecule has 108 valence electrons. The number of aryl methyl sites for hydroxylation is 2. The van der Waals surface area contributed by atoms with E-state index in [0.717, 1.165) is 5.69 Å². The van der Waals surface area contributed by atoms with Crippen LogP contribution >= 0.6 is 0 Å². The molecule has 2 aromatic carbocycles. The second kappa shape index (κ2) is 6.13. The van der Waals surface area contributed by atoms with E-state index < -0.39 is 0 Å². The first-order chi connectivity index (χ1) is 10.2. The minimum Gasteiger partial charge on any atom is -0.372 e. The summed E-state index contributed by atoms with van der Waals surface area (Å²) in [6, 6.07) is 15.0. The summed E-state index contributed by atoms with van der Waals surface area (Å²) in [5, 5.41) is 0. The summed E-state index contributed by atoms with van der Waals surface area (Å²) in [5.41, 5.74) is 6.09. The average molecular weight is 278 g/mol. The van der Waals surface area contributed by atoms with Gasteiger partial charge in [0.05, 0.1) is 5.69 Å². The van der Waals surface area contributed by atoms with Gasteiger partial charge < -0.3 is 4.90 Å². The highest BCUT2D eigenvalue weighted by Crippen LogP contribution is 2.23. The monoisotopic (exact) mass is 278 g/mol. The fourth-order valence-electron chi connectivity index (χ4n) is 2.75. The predicted octanol–water partition coefficient (Wildman–Crippen LogP) is 4.65. The van der Waals surface area contributed by atoms with Crippen molar-refractivity contribution in [2.75, 3.05) is 18.0 Å². The van der Waals surface area contributed by atoms with Crippen LogP contribution in [0.1, 0.15) is 29.5 Å². The highest BCUT2D eigenvalue weighted by atomic mass is 15.1. The van der Waals surface area contributed by atoms with Gasteiger partial charge in [-0.05, 0) is 62.1 Å². The Morgan fingerprint density at radius 3 is 2.33 bits per heavy atom. The average Bonchev–Trinajstić information content (AvgIpc) is 3.02. The van der Waals surface area contributed by atoms with Gasteiger partial charge in [-0.3, -0.25) is 4.99 Å². The molecular formula is C19H22N2. The number of hydrogen-bond donors (Lipinski definition) is 0. The molecule has 0 unspecified atom stereocenters. The van der Waals surface area contributed by atoms with E-state index in [2.05, 4.69) is 66.2 Å². The molecule has 21 heavy (non-hydrogen) atoms. The molecule has 1 aliphatic rings. The number of nitrogens with zero attached hydrogens (tertiary/aromatic N) is 2. The summed E-state index contributed by atoms with van der Waals surface area (Å²) in [6.07, 6.45) is 4.60. The fraction of sp³-hybridized carbons (Fsp3) is 0.316. The molecule has 0 atom stereocenters. The molecule has 2 aromatic rings. The summed E-state index contributed by atoms with van der Waals surface area (Å²) in [6.45, 7) is 6.64. The molecule has 0 radical (unpaired) electrons. The summed E-state index contributed by atoms with van der Waals surface area (Å²) in [4.78, 5) is 7.03. The largest absolute Gasteiger partial charge is 0.372 e. The lowest BCUT2D eigenvalue weighted by Gasteiger charge is -2.18. The Bertz CT molecular complexity index is 635. The molecule has 0 spiro atoms. The zero-order chi connectivity index (χ0) is 14.7. The minimum atomic E-state index is 1.00. The van der Waals surface area contributed by atoms with Crippen LogP contribution in [0.4, 0.5) is 11.4 Å². The Balaban J connectivity index is 1.77. The van der Waals surface area contributed by atoms with Gasteiger partial charge in [-0.25, -0.2) is 0 Å². The van der Waals surface area contributed by atoms with Crippen LogP contribution in [0.5, 0.6) is 0 Å². The topological polar surface area (TPSA) is 15.6 Å². The van der Waals surface area contributed by atoms with E-state index in [1.807, 2.05) is 6.21 Å². The van der Waals surface area contributed by atoms with Crippen LogP contribution < -0.4 is 4.90 Å². The van der Waals surface area contributed by atoms with E-state index in [1.54, 1.807) is 0 Å². The third kappa shape index (κ3) is 3.33. The maximum Gasteiger partial charge on any atom is 0.0630 e. The van der Waals surface area contributed by atoms with Gasteiger partial charge >= 0.3 is 0 Å². The second-order valence-electron chi connectivity index (χ2n) is 5.83. The molecule has 0 amide bonds. The summed E-state index contributed by atoms with van der Waals surface area (Å²) in [5.74, 6) is 0. The number of benzene rings is 2. The van der Waals surface area contributed by atoms with E-state index in [0.29, 0.717) is 0 Å². The molecule has 1 saturated heterocycles. The minimum absolute atomic E-state index is 1.00. The maximum atomic E-state index is 4.57. The van der Waals surface area contributed by atoms with Gasteiger partial charge in [0.1, 0.15) is 0 Å². The van der Waals surface area contributed by atoms with Gasteiger partial charge in [-0.2, -0.15) is 0 Å². The first-order valence-electron chi connectivity index (χ1n) is 7.69. The Kier molecular flexibility index (Phi) is 4.05. The molecule has 1 heterocycles. The van der Waals surface area contributed by atoms with Crippen molar-refractivity contribution in [2.24, 2.45) is 4.99 Å². The van der Waals surface area contributed by atoms with Gasteiger partial charge in [0.25, 0.3) is 0 Å². The lowest BCUT2D eigenvalue weighted by molar-refractivity contribution is 0.949. The van der Waals surface area contributed by atoms with Crippen molar-refractivity contribution in [1.29, 1.82) is 0 Å². The summed E-state index contributed by atoms with van der Waals surface area (Å²) in [7, 11) is 0. The number of hydrogen-bond acceptors (Lipinski definition) is 2. The van der Waals surface area contributed by atoms with Crippen LogP contribution in [0.15, 0.2) is 47.5 Å². The smallest absolute Gasteiger partial charge is 0.0630 e. The van der Waals surface area contributed by atoms with Crippen molar-refractivity contribution in [3.8, 4) is 0 Å². The lowest BCUT2D eigenvalue weighted by atomic mass is 10.1. The molecule has 0 aromatic heterocycles. The molecule has 0 N–H and O–H groups in total. The van der Waals surface area contributed by atoms with Crippen LogP contribution in [0.2, 0.25) is 0 Å². The molecule has 1 aliphatic heterocycles. The van der Waals surface area contributed by atoms with Crippen LogP contribution in [0, 0.1) is 13.8 Å². The van der Waals surface area contributed by atoms with Crippen LogP contribution in [-0.4, -0.2) is 19.3 Å². The number of anilines is 1. The third-order valence-electron chi connectivity index (χ3n) is 4.11. The lowest BCUT2D eigenvalue weighted by Crippen LogP contribution is -2.17. The second-order valence-corrected chi connectivity index (χ2v) is 5.83. The fourth-order valence-corrected chi connectivity index (χ4v) is 2.75. The van der Waals surface area contributed by atoms with Crippen LogP contribution in [-0.2, 0) is 0 Å². The number of aliphatic imine (C=N–C) groups is 1. The molecule has 3 rings (SSSR count). The van der Waals surface area contributed by atoms with Crippen LogP contribution in [0.25, 0.3) is 0 Å². The van der Waals surface area contributed by atoms with E-state index >= 15 is 0 Å². The summed E-state index contributed by atoms with van der Waals surface area (Å²) >= 11 is 0. The molecule has 0 saturated carbocycles. The van der Waals surface area contributed by atoms with E-state index in [9.17, 15) is 0 Å². The Hall–Kier alpha value is -2.09. The van der Waals surface area contributed by atoms with Crippen molar-refractivity contribution in [2.45, 2.75) is 26.7 Å². The van der Waals surface area contributed by atoms with Gasteiger partial charge in [0, 0.05) is 25.0 Å². The number of rotatable bonds is 3. The van der Waals surface area contributed by atoms with Crippen molar-refractivity contribution < 1.29 is 0 Å². The highest BCUT2D eigenvalue weighted by Gasteiger charge is 2.12.